The number of pyridine rings is 2. The number of nitrogens with two attached hydrogens (primary N) is 1. The van der Waals surface area contributed by atoms with Crippen LogP contribution >= 0.6 is 0 Å². The fraction of sp³-hybridized carbons (Fsp3) is 0.321. The first kappa shape index (κ1) is 23.5. The van der Waals surface area contributed by atoms with E-state index in [4.69, 9.17) is 10.8 Å². The summed E-state index contributed by atoms with van der Waals surface area (Å²) in [7, 11) is 0. The Hall–Kier alpha value is -3.67. The van der Waals surface area contributed by atoms with Crippen molar-refractivity contribution in [3.05, 3.63) is 77.0 Å². The summed E-state index contributed by atoms with van der Waals surface area (Å²) in [5.74, 6) is 0.476. The molecule has 0 spiro atoms. The Balaban J connectivity index is 1.32. The molecule has 176 valence electrons. The quantitative estimate of drug-likeness (QED) is 0.166. The van der Waals surface area contributed by atoms with Gasteiger partial charge in [-0.05, 0) is 73.4 Å². The molecule has 6 nitrogen and oxygen atoms in total. The predicted octanol–water partition coefficient (Wildman–Crippen LogP) is 6.26. The van der Waals surface area contributed by atoms with Gasteiger partial charge in [0.25, 0.3) is 0 Å². The largest absolute Gasteiger partial charge is 0.505 e. The average molecular weight is 458 g/mol. The summed E-state index contributed by atoms with van der Waals surface area (Å²) in [6.07, 6.45) is 7.57. The predicted molar refractivity (Wildman–Crippen MR) is 136 cm³/mol. The maximum atomic E-state index is 10.3. The van der Waals surface area contributed by atoms with E-state index in [9.17, 15) is 4.79 Å². The summed E-state index contributed by atoms with van der Waals surface area (Å²) >= 11 is 0. The molecule has 3 N–H and O–H groups in total. The van der Waals surface area contributed by atoms with E-state index >= 15 is 0 Å². The highest BCUT2D eigenvalue weighted by molar-refractivity contribution is 6.08. The Bertz CT molecular complexity index is 1290. The van der Waals surface area contributed by atoms with Gasteiger partial charge in [0, 0.05) is 17.0 Å². The number of hydrogen-bond acceptors (Lipinski definition) is 5. The molecule has 0 atom stereocenters. The minimum absolute atomic E-state index is 0.289. The van der Waals surface area contributed by atoms with E-state index in [1.807, 2.05) is 6.20 Å². The van der Waals surface area contributed by atoms with Crippen molar-refractivity contribution < 1.29 is 14.6 Å². The van der Waals surface area contributed by atoms with Crippen molar-refractivity contribution in [2.75, 3.05) is 12.3 Å². The monoisotopic (exact) mass is 457 g/mol. The van der Waals surface area contributed by atoms with Crippen molar-refractivity contribution in [3.8, 4) is 0 Å². The lowest BCUT2D eigenvalue weighted by Gasteiger charge is -2.09. The number of aryl methyl sites for hydroxylation is 4. The minimum Gasteiger partial charge on any atom is -0.450 e. The third kappa shape index (κ3) is 6.01. The van der Waals surface area contributed by atoms with E-state index in [-0.39, 0.29) is 6.61 Å². The lowest BCUT2D eigenvalue weighted by atomic mass is 10.00. The maximum Gasteiger partial charge on any atom is 0.505 e. The number of nitrogen functional groups attached to an aromatic ring is 1. The molecule has 6 heteroatoms. The van der Waals surface area contributed by atoms with Crippen molar-refractivity contribution in [1.29, 1.82) is 0 Å². The topological polar surface area (TPSA) is 98.3 Å². The zero-order valence-electron chi connectivity index (χ0n) is 19.6. The molecule has 0 radical (unpaired) electrons. The zero-order chi connectivity index (χ0) is 23.9. The van der Waals surface area contributed by atoms with Crippen molar-refractivity contribution in [3.63, 3.8) is 0 Å². The third-order valence-corrected chi connectivity index (χ3v) is 6.18. The minimum atomic E-state index is -1.19. The Morgan fingerprint density at radius 3 is 2.35 bits per heavy atom. The number of fused-ring (bicyclic) bond motifs is 3. The van der Waals surface area contributed by atoms with E-state index in [1.165, 1.54) is 16.7 Å². The smallest absolute Gasteiger partial charge is 0.450 e. The average Bonchev–Trinajstić information content (AvgIpc) is 2.82. The molecule has 0 unspecified atom stereocenters. The molecule has 2 heterocycles. The number of benzene rings is 2. The number of aromatic nitrogens is 2. The lowest BCUT2D eigenvalue weighted by Crippen LogP contribution is -2.01. The first-order valence-electron chi connectivity index (χ1n) is 11.9. The molecule has 4 aromatic rings. The van der Waals surface area contributed by atoms with Crippen LogP contribution in [0.4, 0.5) is 10.6 Å². The Morgan fingerprint density at radius 2 is 1.59 bits per heavy atom. The molecule has 0 saturated heterocycles. The van der Waals surface area contributed by atoms with Crippen LogP contribution in [-0.2, 0) is 24.0 Å². The summed E-state index contributed by atoms with van der Waals surface area (Å²) in [4.78, 5) is 19.5. The van der Waals surface area contributed by atoms with Gasteiger partial charge >= 0.3 is 6.16 Å². The number of nitrogens with zero attached hydrogens (tertiary/aromatic N) is 2. The molecule has 0 aliphatic carbocycles. The highest BCUT2D eigenvalue weighted by atomic mass is 16.7. The molecule has 2 aromatic heterocycles. The van der Waals surface area contributed by atoms with E-state index in [0.717, 1.165) is 72.3 Å². The molecule has 0 bridgehead atoms. The molecule has 4 rings (SSSR count). The summed E-state index contributed by atoms with van der Waals surface area (Å²) < 4.78 is 4.53. The number of hydrogen-bond donors (Lipinski definition) is 2. The number of carbonyl (C=O) groups is 1. The Morgan fingerprint density at radius 1 is 0.882 bits per heavy atom. The van der Waals surface area contributed by atoms with Gasteiger partial charge in [0.2, 0.25) is 0 Å². The first-order chi connectivity index (χ1) is 16.5. The van der Waals surface area contributed by atoms with E-state index < -0.39 is 6.16 Å². The highest BCUT2D eigenvalue weighted by Crippen LogP contribution is 2.28. The van der Waals surface area contributed by atoms with E-state index in [2.05, 4.69) is 70.2 Å². The van der Waals surface area contributed by atoms with Crippen LogP contribution in [0.15, 0.2) is 54.7 Å². The van der Waals surface area contributed by atoms with Crippen molar-refractivity contribution in [2.24, 2.45) is 0 Å². The summed E-state index contributed by atoms with van der Waals surface area (Å²) in [5.41, 5.74) is 12.8. The summed E-state index contributed by atoms with van der Waals surface area (Å²) in [6.45, 7) is 2.35. The molecule has 0 aliphatic rings. The third-order valence-electron chi connectivity index (χ3n) is 6.18. The summed E-state index contributed by atoms with van der Waals surface area (Å²) in [6, 6.07) is 17.3. The van der Waals surface area contributed by atoms with Gasteiger partial charge in [-0.25, -0.2) is 9.78 Å². The van der Waals surface area contributed by atoms with Crippen molar-refractivity contribution in [1.82, 2.24) is 9.97 Å². The van der Waals surface area contributed by atoms with Crippen molar-refractivity contribution >= 4 is 33.8 Å². The van der Waals surface area contributed by atoms with Gasteiger partial charge in [-0.15, -0.1) is 0 Å². The van der Waals surface area contributed by atoms with Crippen LogP contribution in [0, 0.1) is 6.92 Å². The fourth-order valence-electron chi connectivity index (χ4n) is 4.30. The second-order valence-electron chi connectivity index (χ2n) is 8.85. The fourth-order valence-corrected chi connectivity index (χ4v) is 4.30. The molecule has 0 amide bonds. The standard InChI is InChI=1S/C28H31N3O3/c1-19-7-14-23-24-17-22(18-30-26(24)27(29)31-25(23)16-19)13-12-21-10-8-20(9-11-21)6-4-2-3-5-15-34-28(32)33/h7-11,14,16-18H,2-6,12-13,15H2,1H3,(H2,29,31)(H,32,33). The molecule has 0 aliphatic heterocycles. The van der Waals surface area contributed by atoms with Crippen LogP contribution in [0.1, 0.15) is 47.9 Å². The van der Waals surface area contributed by atoms with E-state index in [1.54, 1.807) is 0 Å². The van der Waals surface area contributed by atoms with Gasteiger partial charge in [0.1, 0.15) is 5.52 Å². The SMILES string of the molecule is Cc1ccc2c(c1)nc(N)c1ncc(CCc3ccc(CCCCCCOC(=O)O)cc3)cc12. The normalized spacial score (nSPS) is 11.2. The number of anilines is 1. The van der Waals surface area contributed by atoms with Crippen LogP contribution < -0.4 is 5.73 Å². The summed E-state index contributed by atoms with van der Waals surface area (Å²) in [5, 5.41) is 10.6. The molecule has 2 aromatic carbocycles. The second-order valence-corrected chi connectivity index (χ2v) is 8.85. The Kier molecular flexibility index (Phi) is 7.58. The molecule has 34 heavy (non-hydrogen) atoms. The molecular formula is C28H31N3O3. The van der Waals surface area contributed by atoms with Crippen LogP contribution in [0.3, 0.4) is 0 Å². The van der Waals surface area contributed by atoms with E-state index in [0.29, 0.717) is 5.82 Å². The lowest BCUT2D eigenvalue weighted by molar-refractivity contribution is 0.0900. The molecular weight excluding hydrogens is 426 g/mol. The first-order valence-corrected chi connectivity index (χ1v) is 11.9. The van der Waals surface area contributed by atoms with Gasteiger partial charge in [-0.3, -0.25) is 4.98 Å². The number of ether oxygens (including phenoxy) is 1. The molecule has 0 fully saturated rings. The number of carboxylic acid groups (broad SMARTS) is 1. The maximum absolute atomic E-state index is 10.3. The van der Waals surface area contributed by atoms with Gasteiger partial charge in [0.05, 0.1) is 12.1 Å². The van der Waals surface area contributed by atoms with Crippen LogP contribution in [0.2, 0.25) is 0 Å². The Labute approximate surface area is 199 Å². The highest BCUT2D eigenvalue weighted by Gasteiger charge is 2.09. The van der Waals surface area contributed by atoms with Gasteiger partial charge in [0.15, 0.2) is 5.82 Å². The van der Waals surface area contributed by atoms with Gasteiger partial charge < -0.3 is 15.6 Å². The van der Waals surface area contributed by atoms with Gasteiger partial charge in [-0.2, -0.15) is 0 Å². The second kappa shape index (κ2) is 11.0. The molecule has 0 saturated carbocycles. The van der Waals surface area contributed by atoms with Crippen LogP contribution in [0.25, 0.3) is 21.8 Å². The van der Waals surface area contributed by atoms with Gasteiger partial charge in [-0.1, -0.05) is 49.2 Å². The van der Waals surface area contributed by atoms with Crippen molar-refractivity contribution in [2.45, 2.75) is 51.9 Å². The van der Waals surface area contributed by atoms with Crippen LogP contribution in [0.5, 0.6) is 0 Å². The zero-order valence-corrected chi connectivity index (χ0v) is 19.6. The number of unbranched alkanes of at least 4 members (excludes halogenated alkanes) is 3. The van der Waals surface area contributed by atoms with Crippen LogP contribution in [-0.4, -0.2) is 27.8 Å². The number of rotatable bonds is 10.